The quantitative estimate of drug-likeness (QED) is 0.709. The standard InChI is InChI=1S/C22H29N3O2S/c1-14-12-18-8-5-6-10-20(18)25(14)21(26)17(4)28-22-23-15(2)16(3)24(22)13-19-9-7-11-27-19/h5-6,8,10,14,17,19H,7,9,11-13H2,1-4H3/t14-,17+,19-/m0/s1. The van der Waals surface area contributed by atoms with Crippen molar-refractivity contribution in [2.24, 2.45) is 0 Å². The summed E-state index contributed by atoms with van der Waals surface area (Å²) in [5.41, 5.74) is 4.51. The number of imidazole rings is 1. The first kappa shape index (κ1) is 19.5. The molecular formula is C22H29N3O2S. The zero-order chi connectivity index (χ0) is 19.8. The summed E-state index contributed by atoms with van der Waals surface area (Å²) in [6, 6.07) is 8.43. The number of aryl methyl sites for hydroxylation is 1. The van der Waals surface area contributed by atoms with Crippen molar-refractivity contribution < 1.29 is 9.53 Å². The number of ether oxygens (including phenoxy) is 1. The minimum absolute atomic E-state index is 0.157. The monoisotopic (exact) mass is 399 g/mol. The molecule has 0 radical (unpaired) electrons. The molecule has 1 saturated heterocycles. The van der Waals surface area contributed by atoms with Crippen LogP contribution >= 0.6 is 11.8 Å². The molecule has 0 unspecified atom stereocenters. The maximum absolute atomic E-state index is 13.3. The fourth-order valence-electron chi connectivity index (χ4n) is 4.23. The molecule has 2 aliphatic rings. The summed E-state index contributed by atoms with van der Waals surface area (Å²) >= 11 is 1.57. The van der Waals surface area contributed by atoms with Gasteiger partial charge in [-0.25, -0.2) is 4.98 Å². The van der Waals surface area contributed by atoms with Crippen molar-refractivity contribution in [2.45, 2.75) is 76.1 Å². The number of carbonyl (C=O) groups excluding carboxylic acids is 1. The van der Waals surface area contributed by atoms with E-state index in [-0.39, 0.29) is 23.3 Å². The van der Waals surface area contributed by atoms with Crippen molar-refractivity contribution in [1.82, 2.24) is 9.55 Å². The van der Waals surface area contributed by atoms with Crippen molar-refractivity contribution in [3.8, 4) is 0 Å². The van der Waals surface area contributed by atoms with E-state index in [1.54, 1.807) is 11.8 Å². The van der Waals surface area contributed by atoms with Crippen molar-refractivity contribution in [3.05, 3.63) is 41.2 Å². The van der Waals surface area contributed by atoms with Crippen LogP contribution in [0.5, 0.6) is 0 Å². The Bertz CT molecular complexity index is 873. The van der Waals surface area contributed by atoms with Gasteiger partial charge in [-0.2, -0.15) is 0 Å². The maximum atomic E-state index is 13.3. The summed E-state index contributed by atoms with van der Waals surface area (Å²) in [6.07, 6.45) is 3.40. The van der Waals surface area contributed by atoms with Gasteiger partial charge in [0.1, 0.15) is 0 Å². The third kappa shape index (κ3) is 3.60. The third-order valence-corrected chi connectivity index (χ3v) is 6.99. The summed E-state index contributed by atoms with van der Waals surface area (Å²) in [5, 5.41) is 0.726. The molecule has 0 spiro atoms. The number of hydrogen-bond acceptors (Lipinski definition) is 4. The fourth-order valence-corrected chi connectivity index (χ4v) is 5.29. The molecule has 1 aromatic carbocycles. The first-order valence-electron chi connectivity index (χ1n) is 10.2. The van der Waals surface area contributed by atoms with E-state index < -0.39 is 0 Å². The van der Waals surface area contributed by atoms with Gasteiger partial charge in [0.15, 0.2) is 5.16 Å². The van der Waals surface area contributed by atoms with Crippen LogP contribution in [0.15, 0.2) is 29.4 Å². The molecule has 0 aliphatic carbocycles. The number of fused-ring (bicyclic) bond motifs is 1. The van der Waals surface area contributed by atoms with Crippen LogP contribution in [-0.4, -0.2) is 39.5 Å². The molecule has 0 saturated carbocycles. The Kier molecular flexibility index (Phi) is 5.52. The Morgan fingerprint density at radius 2 is 2.14 bits per heavy atom. The smallest absolute Gasteiger partial charge is 0.240 e. The summed E-state index contributed by atoms with van der Waals surface area (Å²) < 4.78 is 8.07. The molecule has 2 aliphatic heterocycles. The topological polar surface area (TPSA) is 47.4 Å². The van der Waals surface area contributed by atoms with Gasteiger partial charge in [0.2, 0.25) is 5.91 Å². The molecule has 4 rings (SSSR count). The highest BCUT2D eigenvalue weighted by Crippen LogP contribution is 2.35. The van der Waals surface area contributed by atoms with Crippen LogP contribution in [0.2, 0.25) is 0 Å². The number of para-hydroxylation sites is 1. The molecule has 0 N–H and O–H groups in total. The highest BCUT2D eigenvalue weighted by atomic mass is 32.2. The molecule has 0 bridgehead atoms. The fraction of sp³-hybridized carbons (Fsp3) is 0.545. The van der Waals surface area contributed by atoms with Crippen molar-refractivity contribution in [2.75, 3.05) is 11.5 Å². The second-order valence-electron chi connectivity index (χ2n) is 7.96. The predicted molar refractivity (Wildman–Crippen MR) is 113 cm³/mol. The van der Waals surface area contributed by atoms with E-state index in [4.69, 9.17) is 9.72 Å². The van der Waals surface area contributed by atoms with E-state index >= 15 is 0 Å². The number of benzene rings is 1. The van der Waals surface area contributed by atoms with E-state index in [1.807, 2.05) is 30.9 Å². The van der Waals surface area contributed by atoms with Gasteiger partial charge in [-0.1, -0.05) is 30.0 Å². The van der Waals surface area contributed by atoms with Gasteiger partial charge in [0, 0.05) is 24.0 Å². The van der Waals surface area contributed by atoms with Crippen LogP contribution in [0, 0.1) is 13.8 Å². The molecule has 28 heavy (non-hydrogen) atoms. The lowest BCUT2D eigenvalue weighted by atomic mass is 10.1. The Hall–Kier alpha value is -1.79. The Balaban J connectivity index is 1.53. The number of aromatic nitrogens is 2. The lowest BCUT2D eigenvalue weighted by molar-refractivity contribution is -0.118. The van der Waals surface area contributed by atoms with Crippen LogP contribution < -0.4 is 4.90 Å². The summed E-state index contributed by atoms with van der Waals surface area (Å²) in [6.45, 7) is 9.93. The van der Waals surface area contributed by atoms with Crippen LogP contribution in [0.25, 0.3) is 0 Å². The molecule has 5 nitrogen and oxygen atoms in total. The normalized spacial score (nSPS) is 22.5. The zero-order valence-corrected chi connectivity index (χ0v) is 18.0. The number of thioether (sulfide) groups is 1. The summed E-state index contributed by atoms with van der Waals surface area (Å²) in [7, 11) is 0. The largest absolute Gasteiger partial charge is 0.376 e. The zero-order valence-electron chi connectivity index (χ0n) is 17.1. The molecule has 2 aromatic rings. The number of hydrogen-bond donors (Lipinski definition) is 0. The van der Waals surface area contributed by atoms with E-state index in [1.165, 1.54) is 5.56 Å². The molecule has 150 valence electrons. The van der Waals surface area contributed by atoms with Gasteiger partial charge in [-0.15, -0.1) is 0 Å². The SMILES string of the molecule is Cc1nc(S[C@H](C)C(=O)N2c3ccccc3C[C@@H]2C)n(C[C@@H]2CCCO2)c1C. The lowest BCUT2D eigenvalue weighted by Gasteiger charge is -2.26. The second kappa shape index (κ2) is 7.91. The molecule has 1 aromatic heterocycles. The van der Waals surface area contributed by atoms with Gasteiger partial charge in [0.25, 0.3) is 0 Å². The Morgan fingerprint density at radius 1 is 1.36 bits per heavy atom. The molecule has 1 amide bonds. The van der Waals surface area contributed by atoms with Crippen molar-refractivity contribution >= 4 is 23.4 Å². The molecule has 6 heteroatoms. The number of rotatable bonds is 5. The lowest BCUT2D eigenvalue weighted by Crippen LogP contribution is -2.40. The number of carbonyl (C=O) groups is 1. The highest BCUT2D eigenvalue weighted by Gasteiger charge is 2.34. The van der Waals surface area contributed by atoms with E-state index in [2.05, 4.69) is 30.5 Å². The summed E-state index contributed by atoms with van der Waals surface area (Å²) in [5.74, 6) is 0.157. The minimum atomic E-state index is -0.196. The second-order valence-corrected chi connectivity index (χ2v) is 9.27. The third-order valence-electron chi connectivity index (χ3n) is 5.91. The van der Waals surface area contributed by atoms with Crippen LogP contribution in [0.4, 0.5) is 5.69 Å². The van der Waals surface area contributed by atoms with Gasteiger partial charge >= 0.3 is 0 Å². The Labute approximate surface area is 171 Å². The highest BCUT2D eigenvalue weighted by molar-refractivity contribution is 8.00. The number of amides is 1. The number of anilines is 1. The van der Waals surface area contributed by atoms with E-state index in [0.717, 1.165) is 54.6 Å². The predicted octanol–water partition coefficient (Wildman–Crippen LogP) is 4.14. The Morgan fingerprint density at radius 3 is 2.89 bits per heavy atom. The average Bonchev–Trinajstić information content (AvgIpc) is 3.36. The van der Waals surface area contributed by atoms with E-state index in [0.29, 0.717) is 0 Å². The van der Waals surface area contributed by atoms with E-state index in [9.17, 15) is 4.79 Å². The first-order chi connectivity index (χ1) is 13.5. The van der Waals surface area contributed by atoms with Crippen molar-refractivity contribution in [1.29, 1.82) is 0 Å². The van der Waals surface area contributed by atoms with Gasteiger partial charge in [-0.3, -0.25) is 4.79 Å². The van der Waals surface area contributed by atoms with Gasteiger partial charge in [-0.05, 0) is 58.6 Å². The molecule has 1 fully saturated rings. The van der Waals surface area contributed by atoms with Crippen LogP contribution in [-0.2, 0) is 22.5 Å². The minimum Gasteiger partial charge on any atom is -0.376 e. The molecule has 3 heterocycles. The molecule has 3 atom stereocenters. The van der Waals surface area contributed by atoms with Crippen molar-refractivity contribution in [3.63, 3.8) is 0 Å². The van der Waals surface area contributed by atoms with Crippen LogP contribution in [0.3, 0.4) is 0 Å². The molecular weight excluding hydrogens is 370 g/mol. The first-order valence-corrected chi connectivity index (χ1v) is 11.1. The van der Waals surface area contributed by atoms with Crippen LogP contribution in [0.1, 0.15) is 43.6 Å². The maximum Gasteiger partial charge on any atom is 0.240 e. The van der Waals surface area contributed by atoms with Gasteiger partial charge < -0.3 is 14.2 Å². The number of nitrogens with zero attached hydrogens (tertiary/aromatic N) is 3. The van der Waals surface area contributed by atoms with Gasteiger partial charge in [0.05, 0.1) is 23.6 Å². The summed E-state index contributed by atoms with van der Waals surface area (Å²) in [4.78, 5) is 20.1. The average molecular weight is 400 g/mol.